The third kappa shape index (κ3) is 2.07. The van der Waals surface area contributed by atoms with Crippen LogP contribution in [0.2, 0.25) is 0 Å². The summed E-state index contributed by atoms with van der Waals surface area (Å²) in [5, 5.41) is 0. The van der Waals surface area contributed by atoms with Gasteiger partial charge >= 0.3 is 0 Å². The van der Waals surface area contributed by atoms with Crippen LogP contribution in [-0.2, 0) is 5.41 Å². The Morgan fingerprint density at radius 2 is 2.00 bits per heavy atom. The van der Waals surface area contributed by atoms with Gasteiger partial charge in [-0.15, -0.1) is 0 Å². The van der Waals surface area contributed by atoms with Crippen LogP contribution in [0.1, 0.15) is 50.7 Å². The Bertz CT molecular complexity index is 391. The molecule has 82 valence electrons. The highest BCUT2D eigenvalue weighted by Gasteiger charge is 2.33. The number of hydrogen-bond donors (Lipinski definition) is 0. The van der Waals surface area contributed by atoms with Crippen LogP contribution in [0.4, 0.5) is 4.39 Å². The molecule has 15 heavy (non-hydrogen) atoms. The topological polar surface area (TPSA) is 12.9 Å². The van der Waals surface area contributed by atoms with Gasteiger partial charge in [-0.3, -0.25) is 0 Å². The van der Waals surface area contributed by atoms with Crippen LogP contribution in [0.3, 0.4) is 0 Å². The maximum Gasteiger partial charge on any atom is 0.159 e. The smallest absolute Gasteiger partial charge is 0.159 e. The number of halogens is 2. The van der Waals surface area contributed by atoms with Crippen molar-refractivity contribution in [2.75, 3.05) is 0 Å². The maximum absolute atomic E-state index is 14.0. The molecule has 0 aliphatic heterocycles. The van der Waals surface area contributed by atoms with Gasteiger partial charge in [0.2, 0.25) is 0 Å². The molecule has 1 heterocycles. The van der Waals surface area contributed by atoms with Gasteiger partial charge < -0.3 is 0 Å². The average Bonchev–Trinajstić information content (AvgIpc) is 2.90. The van der Waals surface area contributed by atoms with E-state index in [0.29, 0.717) is 10.5 Å². The van der Waals surface area contributed by atoms with Crippen molar-refractivity contribution >= 4 is 15.9 Å². The standard InChI is InChI=1S/C12H15BrFN/c1-12(2,3)9-8(7-4-5-7)6-15-11(13)10(9)14/h6-7H,4-5H2,1-3H3. The fourth-order valence-corrected chi connectivity index (χ4v) is 2.24. The lowest BCUT2D eigenvalue weighted by Gasteiger charge is -2.23. The highest BCUT2D eigenvalue weighted by Crippen LogP contribution is 2.45. The largest absolute Gasteiger partial charge is 0.246 e. The lowest BCUT2D eigenvalue weighted by Crippen LogP contribution is -2.17. The van der Waals surface area contributed by atoms with Crippen LogP contribution in [-0.4, -0.2) is 4.98 Å². The zero-order valence-electron chi connectivity index (χ0n) is 9.27. The van der Waals surface area contributed by atoms with Crippen molar-refractivity contribution in [3.8, 4) is 0 Å². The van der Waals surface area contributed by atoms with Crippen molar-refractivity contribution in [3.05, 3.63) is 27.7 Å². The summed E-state index contributed by atoms with van der Waals surface area (Å²) in [6, 6.07) is 0. The molecule has 0 radical (unpaired) electrons. The molecule has 0 amide bonds. The van der Waals surface area contributed by atoms with Crippen molar-refractivity contribution in [1.29, 1.82) is 0 Å². The van der Waals surface area contributed by atoms with E-state index in [1.54, 1.807) is 0 Å². The molecule has 0 aromatic carbocycles. The van der Waals surface area contributed by atoms with Gasteiger partial charge in [0, 0.05) is 11.8 Å². The van der Waals surface area contributed by atoms with Crippen LogP contribution in [0.5, 0.6) is 0 Å². The summed E-state index contributed by atoms with van der Waals surface area (Å²) in [5.74, 6) is 0.348. The first-order valence-corrected chi connectivity index (χ1v) is 6.05. The van der Waals surface area contributed by atoms with Crippen molar-refractivity contribution in [1.82, 2.24) is 4.98 Å². The summed E-state index contributed by atoms with van der Waals surface area (Å²) in [7, 11) is 0. The number of aromatic nitrogens is 1. The van der Waals surface area contributed by atoms with Gasteiger partial charge in [0.15, 0.2) is 5.82 Å². The number of hydrogen-bond acceptors (Lipinski definition) is 1. The molecule has 1 aliphatic rings. The van der Waals surface area contributed by atoms with Crippen LogP contribution in [0.25, 0.3) is 0 Å². The van der Waals surface area contributed by atoms with Gasteiger partial charge in [-0.1, -0.05) is 20.8 Å². The van der Waals surface area contributed by atoms with E-state index >= 15 is 0 Å². The fourth-order valence-electron chi connectivity index (χ4n) is 1.94. The minimum atomic E-state index is -0.188. The summed E-state index contributed by atoms with van der Waals surface area (Å²) < 4.78 is 14.4. The van der Waals surface area contributed by atoms with Gasteiger partial charge in [-0.25, -0.2) is 9.37 Å². The summed E-state index contributed by atoms with van der Waals surface area (Å²) in [6.45, 7) is 6.14. The molecular weight excluding hydrogens is 257 g/mol. The van der Waals surface area contributed by atoms with E-state index in [1.165, 1.54) is 12.8 Å². The summed E-state index contributed by atoms with van der Waals surface area (Å²) in [4.78, 5) is 4.06. The van der Waals surface area contributed by atoms with Crippen molar-refractivity contribution in [2.24, 2.45) is 0 Å². The zero-order valence-corrected chi connectivity index (χ0v) is 10.9. The Labute approximate surface area is 98.2 Å². The van der Waals surface area contributed by atoms with Crippen molar-refractivity contribution in [3.63, 3.8) is 0 Å². The molecular formula is C12H15BrFN. The SMILES string of the molecule is CC(C)(C)c1c(C2CC2)cnc(Br)c1F. The summed E-state index contributed by atoms with van der Waals surface area (Å²) in [6.07, 6.45) is 4.17. The lowest BCUT2D eigenvalue weighted by atomic mass is 9.83. The molecule has 0 atom stereocenters. The monoisotopic (exact) mass is 271 g/mol. The molecule has 0 saturated heterocycles. The Kier molecular flexibility index (Phi) is 2.61. The Morgan fingerprint density at radius 1 is 1.40 bits per heavy atom. The first-order valence-electron chi connectivity index (χ1n) is 5.25. The minimum Gasteiger partial charge on any atom is -0.246 e. The van der Waals surface area contributed by atoms with Gasteiger partial charge in [-0.2, -0.15) is 0 Å². The van der Waals surface area contributed by atoms with Gasteiger partial charge in [0.1, 0.15) is 4.60 Å². The predicted molar refractivity (Wildman–Crippen MR) is 62.6 cm³/mol. The molecule has 1 fully saturated rings. The molecule has 0 N–H and O–H groups in total. The highest BCUT2D eigenvalue weighted by atomic mass is 79.9. The second-order valence-corrected chi connectivity index (χ2v) is 5.97. The van der Waals surface area contributed by atoms with E-state index in [4.69, 9.17) is 0 Å². The Hall–Kier alpha value is -0.440. The first-order chi connectivity index (χ1) is 6.91. The molecule has 2 rings (SSSR count). The van der Waals surface area contributed by atoms with Crippen LogP contribution in [0.15, 0.2) is 10.8 Å². The molecule has 3 heteroatoms. The third-order valence-corrected chi connectivity index (χ3v) is 3.33. The Morgan fingerprint density at radius 3 is 2.47 bits per heavy atom. The van der Waals surface area contributed by atoms with Crippen LogP contribution >= 0.6 is 15.9 Å². The normalized spacial score (nSPS) is 16.9. The van der Waals surface area contributed by atoms with Gasteiger partial charge in [-0.05, 0) is 45.7 Å². The predicted octanol–water partition coefficient (Wildman–Crippen LogP) is 4.16. The number of nitrogens with zero attached hydrogens (tertiary/aromatic N) is 1. The van der Waals surface area contributed by atoms with Crippen molar-refractivity contribution in [2.45, 2.75) is 44.9 Å². The molecule has 1 aromatic heterocycles. The lowest BCUT2D eigenvalue weighted by molar-refractivity contribution is 0.508. The van der Waals surface area contributed by atoms with Crippen LogP contribution in [0, 0.1) is 5.82 Å². The van der Waals surface area contributed by atoms with Gasteiger partial charge in [0.05, 0.1) is 0 Å². The van der Waals surface area contributed by atoms with Gasteiger partial charge in [0.25, 0.3) is 0 Å². The van der Waals surface area contributed by atoms with E-state index < -0.39 is 0 Å². The van der Waals surface area contributed by atoms with E-state index in [0.717, 1.165) is 11.1 Å². The third-order valence-electron chi connectivity index (χ3n) is 2.77. The molecule has 1 aromatic rings. The molecule has 0 spiro atoms. The Balaban J connectivity index is 2.60. The highest BCUT2D eigenvalue weighted by molar-refractivity contribution is 9.10. The maximum atomic E-state index is 14.0. The van der Waals surface area contributed by atoms with E-state index in [1.807, 2.05) is 27.0 Å². The molecule has 0 unspecified atom stereocenters. The number of rotatable bonds is 1. The number of pyridine rings is 1. The quantitative estimate of drug-likeness (QED) is 0.699. The van der Waals surface area contributed by atoms with Crippen LogP contribution < -0.4 is 0 Å². The molecule has 1 aliphatic carbocycles. The molecule has 1 saturated carbocycles. The zero-order chi connectivity index (χ0) is 11.2. The van der Waals surface area contributed by atoms with E-state index in [2.05, 4.69) is 20.9 Å². The van der Waals surface area contributed by atoms with E-state index in [9.17, 15) is 4.39 Å². The first kappa shape index (κ1) is 11.1. The summed E-state index contributed by atoms with van der Waals surface area (Å²) >= 11 is 3.16. The fraction of sp³-hybridized carbons (Fsp3) is 0.583. The summed E-state index contributed by atoms with van der Waals surface area (Å²) in [5.41, 5.74) is 1.77. The second-order valence-electron chi connectivity index (χ2n) is 5.22. The minimum absolute atomic E-state index is 0.159. The van der Waals surface area contributed by atoms with E-state index in [-0.39, 0.29) is 11.2 Å². The molecule has 1 nitrogen and oxygen atoms in total. The van der Waals surface area contributed by atoms with Crippen molar-refractivity contribution < 1.29 is 4.39 Å². The molecule has 0 bridgehead atoms. The second kappa shape index (κ2) is 3.55. The average molecular weight is 272 g/mol.